The van der Waals surface area contributed by atoms with Gasteiger partial charge in [-0.3, -0.25) is 0 Å². The van der Waals surface area contributed by atoms with Crippen molar-refractivity contribution in [3.8, 4) is 5.75 Å². The van der Waals surface area contributed by atoms with Crippen LogP contribution in [0.1, 0.15) is 0 Å². The van der Waals surface area contributed by atoms with Crippen molar-refractivity contribution in [3.05, 3.63) is 10.7 Å². The standard InChI is InChI=1S/C7H8BrNO2/c1-9-2-3-10-5-4-6(8)11-7(5)9/h4H,2-3H2,1H3. The van der Waals surface area contributed by atoms with Gasteiger partial charge in [-0.2, -0.15) is 0 Å². The van der Waals surface area contributed by atoms with Crippen molar-refractivity contribution in [1.82, 2.24) is 0 Å². The summed E-state index contributed by atoms with van der Waals surface area (Å²) in [6.45, 7) is 1.61. The molecule has 0 bridgehead atoms. The van der Waals surface area contributed by atoms with Crippen LogP contribution in [0.4, 0.5) is 5.88 Å². The second-order valence-electron chi connectivity index (χ2n) is 2.49. The first-order valence-electron chi connectivity index (χ1n) is 3.40. The smallest absolute Gasteiger partial charge is 0.239 e. The molecule has 0 aromatic carbocycles. The second-order valence-corrected chi connectivity index (χ2v) is 3.27. The van der Waals surface area contributed by atoms with Gasteiger partial charge >= 0.3 is 0 Å². The fraction of sp³-hybridized carbons (Fsp3) is 0.429. The molecule has 0 saturated heterocycles. The highest BCUT2D eigenvalue weighted by molar-refractivity contribution is 9.10. The van der Waals surface area contributed by atoms with E-state index in [9.17, 15) is 0 Å². The fourth-order valence-electron chi connectivity index (χ4n) is 1.10. The maximum atomic E-state index is 5.35. The first kappa shape index (κ1) is 7.03. The van der Waals surface area contributed by atoms with Crippen LogP contribution in [0.25, 0.3) is 0 Å². The van der Waals surface area contributed by atoms with Gasteiger partial charge in [0.25, 0.3) is 0 Å². The summed E-state index contributed by atoms with van der Waals surface area (Å²) in [7, 11) is 1.98. The maximum Gasteiger partial charge on any atom is 0.239 e. The molecule has 0 saturated carbocycles. The molecular weight excluding hydrogens is 210 g/mol. The molecular formula is C7H8BrNO2. The number of nitrogens with zero attached hydrogens (tertiary/aromatic N) is 1. The molecule has 1 aliphatic rings. The summed E-state index contributed by atoms with van der Waals surface area (Å²) in [5.41, 5.74) is 0. The van der Waals surface area contributed by atoms with E-state index in [-0.39, 0.29) is 0 Å². The molecule has 2 rings (SSSR count). The molecule has 3 nitrogen and oxygen atoms in total. The fourth-order valence-corrected chi connectivity index (χ4v) is 1.46. The van der Waals surface area contributed by atoms with Crippen molar-refractivity contribution < 1.29 is 9.15 Å². The van der Waals surface area contributed by atoms with Crippen LogP contribution >= 0.6 is 15.9 Å². The Kier molecular flexibility index (Phi) is 1.56. The summed E-state index contributed by atoms with van der Waals surface area (Å²) in [5, 5.41) is 0. The van der Waals surface area contributed by atoms with E-state index in [1.807, 2.05) is 18.0 Å². The Morgan fingerprint density at radius 3 is 3.18 bits per heavy atom. The van der Waals surface area contributed by atoms with Crippen LogP contribution in [-0.2, 0) is 0 Å². The van der Waals surface area contributed by atoms with Crippen LogP contribution in [0.5, 0.6) is 5.75 Å². The molecule has 4 heteroatoms. The van der Waals surface area contributed by atoms with Gasteiger partial charge in [-0.1, -0.05) is 0 Å². The van der Waals surface area contributed by atoms with Crippen molar-refractivity contribution >= 4 is 21.8 Å². The monoisotopic (exact) mass is 217 g/mol. The third kappa shape index (κ3) is 1.11. The normalized spacial score (nSPS) is 16.0. The molecule has 1 aliphatic heterocycles. The third-order valence-electron chi connectivity index (χ3n) is 1.68. The molecule has 0 unspecified atom stereocenters. The van der Waals surface area contributed by atoms with E-state index in [2.05, 4.69) is 15.9 Å². The lowest BCUT2D eigenvalue weighted by Gasteiger charge is -2.22. The highest BCUT2D eigenvalue weighted by Crippen LogP contribution is 2.36. The molecule has 2 heterocycles. The van der Waals surface area contributed by atoms with E-state index in [0.29, 0.717) is 0 Å². The Morgan fingerprint density at radius 2 is 2.45 bits per heavy atom. The Bertz CT molecular complexity index is 271. The molecule has 0 atom stereocenters. The van der Waals surface area contributed by atoms with Gasteiger partial charge in [0.05, 0.1) is 6.54 Å². The molecule has 0 spiro atoms. The van der Waals surface area contributed by atoms with Gasteiger partial charge in [0.15, 0.2) is 10.4 Å². The number of fused-ring (bicyclic) bond motifs is 1. The third-order valence-corrected chi connectivity index (χ3v) is 2.07. The van der Waals surface area contributed by atoms with Crippen LogP contribution < -0.4 is 9.64 Å². The number of halogens is 1. The number of hydrogen-bond acceptors (Lipinski definition) is 3. The summed E-state index contributed by atoms with van der Waals surface area (Å²) in [5.74, 6) is 1.63. The van der Waals surface area contributed by atoms with E-state index in [0.717, 1.165) is 29.5 Å². The first-order chi connectivity index (χ1) is 5.27. The zero-order valence-electron chi connectivity index (χ0n) is 6.13. The molecule has 0 radical (unpaired) electrons. The highest BCUT2D eigenvalue weighted by Gasteiger charge is 2.19. The Morgan fingerprint density at radius 1 is 1.64 bits per heavy atom. The molecule has 0 N–H and O–H groups in total. The van der Waals surface area contributed by atoms with Gasteiger partial charge in [-0.25, -0.2) is 0 Å². The minimum atomic E-state index is 0.719. The largest absolute Gasteiger partial charge is 0.486 e. The number of ether oxygens (including phenoxy) is 1. The second kappa shape index (κ2) is 2.44. The van der Waals surface area contributed by atoms with E-state index in [4.69, 9.17) is 9.15 Å². The predicted molar refractivity (Wildman–Crippen MR) is 45.2 cm³/mol. The van der Waals surface area contributed by atoms with Gasteiger partial charge in [-0.15, -0.1) is 0 Å². The molecule has 0 amide bonds. The van der Waals surface area contributed by atoms with Crippen molar-refractivity contribution in [2.24, 2.45) is 0 Å². The Hall–Kier alpha value is -0.640. The Labute approximate surface area is 73.1 Å². The lowest BCUT2D eigenvalue weighted by atomic mass is 10.4. The summed E-state index contributed by atoms with van der Waals surface area (Å²) in [4.78, 5) is 2.03. The lowest BCUT2D eigenvalue weighted by Crippen LogP contribution is -2.27. The SMILES string of the molecule is CN1CCOc2cc(Br)oc21. The van der Waals surface area contributed by atoms with Gasteiger partial charge in [0.2, 0.25) is 5.88 Å². The summed E-state index contributed by atoms with van der Waals surface area (Å²) >= 11 is 3.25. The average Bonchev–Trinajstić information content (AvgIpc) is 2.31. The van der Waals surface area contributed by atoms with Gasteiger partial charge in [0, 0.05) is 13.1 Å². The number of rotatable bonds is 0. The molecule has 1 aromatic rings. The van der Waals surface area contributed by atoms with Gasteiger partial charge < -0.3 is 14.1 Å². The van der Waals surface area contributed by atoms with Crippen molar-refractivity contribution in [3.63, 3.8) is 0 Å². The first-order valence-corrected chi connectivity index (χ1v) is 4.20. The minimum Gasteiger partial charge on any atom is -0.486 e. The predicted octanol–water partition coefficient (Wildman–Crippen LogP) is 1.87. The highest BCUT2D eigenvalue weighted by atomic mass is 79.9. The zero-order valence-corrected chi connectivity index (χ0v) is 7.72. The molecule has 60 valence electrons. The molecule has 1 aromatic heterocycles. The van der Waals surface area contributed by atoms with Crippen LogP contribution in [-0.4, -0.2) is 20.2 Å². The van der Waals surface area contributed by atoms with E-state index in [1.165, 1.54) is 0 Å². The average molecular weight is 218 g/mol. The number of anilines is 1. The summed E-state index contributed by atoms with van der Waals surface area (Å²) in [6, 6.07) is 1.84. The van der Waals surface area contributed by atoms with E-state index < -0.39 is 0 Å². The quantitative estimate of drug-likeness (QED) is 0.664. The van der Waals surface area contributed by atoms with Crippen LogP contribution in [0.15, 0.2) is 15.2 Å². The Balaban J connectivity index is 2.43. The maximum absolute atomic E-state index is 5.35. The van der Waals surface area contributed by atoms with Crippen LogP contribution in [0.2, 0.25) is 0 Å². The van der Waals surface area contributed by atoms with Crippen LogP contribution in [0.3, 0.4) is 0 Å². The molecule has 11 heavy (non-hydrogen) atoms. The zero-order chi connectivity index (χ0) is 7.84. The van der Waals surface area contributed by atoms with Crippen molar-refractivity contribution in [2.45, 2.75) is 0 Å². The number of furan rings is 1. The number of hydrogen-bond donors (Lipinski definition) is 0. The van der Waals surface area contributed by atoms with Gasteiger partial charge in [0.1, 0.15) is 6.61 Å². The van der Waals surface area contributed by atoms with Crippen LogP contribution in [0, 0.1) is 0 Å². The summed E-state index contributed by atoms with van der Waals surface area (Å²) in [6.07, 6.45) is 0. The topological polar surface area (TPSA) is 25.6 Å². The van der Waals surface area contributed by atoms with Crippen molar-refractivity contribution in [2.75, 3.05) is 25.1 Å². The summed E-state index contributed by atoms with van der Waals surface area (Å²) < 4.78 is 11.4. The lowest BCUT2D eigenvalue weighted by molar-refractivity contribution is 0.301. The van der Waals surface area contributed by atoms with Crippen molar-refractivity contribution in [1.29, 1.82) is 0 Å². The minimum absolute atomic E-state index is 0.719. The van der Waals surface area contributed by atoms with E-state index >= 15 is 0 Å². The van der Waals surface area contributed by atoms with E-state index in [1.54, 1.807) is 0 Å². The molecule has 0 fully saturated rings. The van der Waals surface area contributed by atoms with Gasteiger partial charge in [-0.05, 0) is 15.9 Å². The molecule has 0 aliphatic carbocycles. The number of likely N-dealkylation sites (N-methyl/N-ethyl adjacent to an activating group) is 1.